The molecule has 0 aliphatic carbocycles. The average molecular weight is 201 g/mol. The van der Waals surface area contributed by atoms with E-state index in [1.54, 1.807) is 36.4 Å². The van der Waals surface area contributed by atoms with Crippen LogP contribution in [0.15, 0.2) is 30.7 Å². The molecular weight excluding hydrogens is 190 g/mol. The molecule has 0 amide bonds. The number of hydrogen-bond acceptors (Lipinski definition) is 3. The van der Waals surface area contributed by atoms with Gasteiger partial charge in [0.25, 0.3) is 0 Å². The summed E-state index contributed by atoms with van der Waals surface area (Å²) in [5.41, 5.74) is 1.98. The fraction of sp³-hybridized carbons (Fsp3) is 0.182. The van der Waals surface area contributed by atoms with Crippen LogP contribution in [0.3, 0.4) is 0 Å². The second-order valence-electron chi connectivity index (χ2n) is 3.39. The Hall–Kier alpha value is -1.97. The van der Waals surface area contributed by atoms with Crippen molar-refractivity contribution in [3.05, 3.63) is 47.5 Å². The van der Waals surface area contributed by atoms with Crippen LogP contribution >= 0.6 is 0 Å². The van der Waals surface area contributed by atoms with E-state index in [0.717, 1.165) is 5.56 Å². The zero-order valence-corrected chi connectivity index (χ0v) is 8.64. The molecule has 0 fully saturated rings. The topological polar surface area (TPSA) is 47.8 Å². The molecule has 0 radical (unpaired) electrons. The van der Waals surface area contributed by atoms with Gasteiger partial charge in [-0.2, -0.15) is 5.10 Å². The van der Waals surface area contributed by atoms with E-state index in [1.807, 2.05) is 13.0 Å². The number of carbonyl (C=O) groups is 1. The lowest BCUT2D eigenvalue weighted by molar-refractivity contribution is 0.103. The Labute approximate surface area is 87.6 Å². The minimum absolute atomic E-state index is 0.0822. The molecule has 15 heavy (non-hydrogen) atoms. The molecule has 76 valence electrons. The van der Waals surface area contributed by atoms with Crippen molar-refractivity contribution in [2.45, 2.75) is 6.92 Å². The monoisotopic (exact) mass is 201 g/mol. The molecule has 2 aromatic heterocycles. The van der Waals surface area contributed by atoms with Crippen molar-refractivity contribution in [2.24, 2.45) is 7.05 Å². The molecule has 0 atom stereocenters. The zero-order valence-electron chi connectivity index (χ0n) is 8.64. The maximum atomic E-state index is 12.0. The van der Waals surface area contributed by atoms with Crippen LogP contribution in [0.2, 0.25) is 0 Å². The van der Waals surface area contributed by atoms with Gasteiger partial charge in [-0.05, 0) is 24.6 Å². The van der Waals surface area contributed by atoms with Gasteiger partial charge in [-0.15, -0.1) is 0 Å². The number of pyridine rings is 1. The number of rotatable bonds is 2. The number of hydrogen-bond donors (Lipinski definition) is 0. The Balaban J connectivity index is 2.41. The van der Waals surface area contributed by atoms with Crippen molar-refractivity contribution in [3.63, 3.8) is 0 Å². The summed E-state index contributed by atoms with van der Waals surface area (Å²) in [6.45, 7) is 1.89. The Morgan fingerprint density at radius 2 is 2.20 bits per heavy atom. The van der Waals surface area contributed by atoms with Crippen LogP contribution in [-0.4, -0.2) is 20.5 Å². The van der Waals surface area contributed by atoms with Crippen molar-refractivity contribution in [1.29, 1.82) is 0 Å². The van der Waals surface area contributed by atoms with Gasteiger partial charge >= 0.3 is 0 Å². The number of ketones is 1. The Morgan fingerprint density at radius 3 is 2.80 bits per heavy atom. The summed E-state index contributed by atoms with van der Waals surface area (Å²) in [5, 5.41) is 4.07. The second-order valence-corrected chi connectivity index (χ2v) is 3.39. The van der Waals surface area contributed by atoms with Crippen molar-refractivity contribution in [1.82, 2.24) is 14.8 Å². The van der Waals surface area contributed by atoms with Crippen molar-refractivity contribution < 1.29 is 4.79 Å². The normalized spacial score (nSPS) is 10.3. The first kappa shape index (κ1) is 9.58. The van der Waals surface area contributed by atoms with Crippen LogP contribution in [0.4, 0.5) is 0 Å². The van der Waals surface area contributed by atoms with E-state index in [1.165, 1.54) is 0 Å². The molecule has 0 aliphatic rings. The van der Waals surface area contributed by atoms with Gasteiger partial charge in [0.15, 0.2) is 0 Å². The molecule has 0 aliphatic heterocycles. The third-order valence-electron chi connectivity index (χ3n) is 2.23. The standard InChI is InChI=1S/C11H11N3O/c1-8-3-5-12-7-9(8)11(15)10-4-6-14(2)13-10/h3-7H,1-2H3. The minimum Gasteiger partial charge on any atom is -0.287 e. The van der Waals surface area contributed by atoms with E-state index in [-0.39, 0.29) is 5.78 Å². The molecule has 0 spiro atoms. The quantitative estimate of drug-likeness (QED) is 0.689. The van der Waals surface area contributed by atoms with Crippen LogP contribution in [0.25, 0.3) is 0 Å². The van der Waals surface area contributed by atoms with Gasteiger partial charge in [-0.25, -0.2) is 0 Å². The van der Waals surface area contributed by atoms with E-state index in [4.69, 9.17) is 0 Å². The van der Waals surface area contributed by atoms with Crippen LogP contribution < -0.4 is 0 Å². The summed E-state index contributed by atoms with van der Waals surface area (Å²) >= 11 is 0. The Kier molecular flexibility index (Phi) is 2.33. The number of aromatic nitrogens is 3. The molecular formula is C11H11N3O. The molecule has 2 rings (SSSR count). The van der Waals surface area contributed by atoms with E-state index < -0.39 is 0 Å². The third-order valence-corrected chi connectivity index (χ3v) is 2.23. The Morgan fingerprint density at radius 1 is 1.40 bits per heavy atom. The van der Waals surface area contributed by atoms with Gasteiger partial charge in [-0.1, -0.05) is 0 Å². The van der Waals surface area contributed by atoms with E-state index in [0.29, 0.717) is 11.3 Å². The smallest absolute Gasteiger partial charge is 0.215 e. The van der Waals surface area contributed by atoms with Crippen LogP contribution in [-0.2, 0) is 7.05 Å². The SMILES string of the molecule is Cc1ccncc1C(=O)c1ccn(C)n1. The lowest BCUT2D eigenvalue weighted by atomic mass is 10.1. The van der Waals surface area contributed by atoms with Crippen LogP contribution in [0.5, 0.6) is 0 Å². The molecule has 0 saturated heterocycles. The summed E-state index contributed by atoms with van der Waals surface area (Å²) in [5.74, 6) is -0.0822. The highest BCUT2D eigenvalue weighted by atomic mass is 16.1. The van der Waals surface area contributed by atoms with Crippen molar-refractivity contribution in [3.8, 4) is 0 Å². The predicted molar refractivity (Wildman–Crippen MR) is 55.6 cm³/mol. The molecule has 0 saturated carbocycles. The lowest BCUT2D eigenvalue weighted by Crippen LogP contribution is -2.05. The van der Waals surface area contributed by atoms with Gasteiger partial charge in [0.05, 0.1) is 0 Å². The highest BCUT2D eigenvalue weighted by Crippen LogP contribution is 2.10. The van der Waals surface area contributed by atoms with Gasteiger partial charge in [0.1, 0.15) is 5.69 Å². The van der Waals surface area contributed by atoms with Gasteiger partial charge in [0, 0.05) is 31.2 Å². The second kappa shape index (κ2) is 3.65. The first-order valence-electron chi connectivity index (χ1n) is 4.63. The fourth-order valence-corrected chi connectivity index (χ4v) is 1.38. The first-order valence-corrected chi connectivity index (χ1v) is 4.63. The van der Waals surface area contributed by atoms with Gasteiger partial charge in [0.2, 0.25) is 5.78 Å². The summed E-state index contributed by atoms with van der Waals surface area (Å²) in [7, 11) is 1.78. The minimum atomic E-state index is -0.0822. The zero-order chi connectivity index (χ0) is 10.8. The molecule has 4 nitrogen and oxygen atoms in total. The number of aryl methyl sites for hydroxylation is 2. The van der Waals surface area contributed by atoms with E-state index in [2.05, 4.69) is 10.1 Å². The maximum absolute atomic E-state index is 12.0. The Bertz CT molecular complexity index is 502. The highest BCUT2D eigenvalue weighted by molar-refractivity contribution is 6.08. The molecule has 0 N–H and O–H groups in total. The fourth-order valence-electron chi connectivity index (χ4n) is 1.38. The molecule has 0 aromatic carbocycles. The molecule has 2 heterocycles. The van der Waals surface area contributed by atoms with Gasteiger partial charge < -0.3 is 0 Å². The van der Waals surface area contributed by atoms with E-state index >= 15 is 0 Å². The molecule has 0 unspecified atom stereocenters. The first-order chi connectivity index (χ1) is 7.18. The number of carbonyl (C=O) groups excluding carboxylic acids is 1. The summed E-state index contributed by atoms with van der Waals surface area (Å²) in [6.07, 6.45) is 5.00. The average Bonchev–Trinajstić information content (AvgIpc) is 2.65. The lowest BCUT2D eigenvalue weighted by Gasteiger charge is -2.00. The van der Waals surface area contributed by atoms with Crippen molar-refractivity contribution >= 4 is 5.78 Å². The number of nitrogens with zero attached hydrogens (tertiary/aromatic N) is 3. The van der Waals surface area contributed by atoms with Crippen LogP contribution in [0.1, 0.15) is 21.6 Å². The highest BCUT2D eigenvalue weighted by Gasteiger charge is 2.13. The summed E-state index contributed by atoms with van der Waals surface area (Å²) in [6, 6.07) is 3.52. The predicted octanol–water partition coefficient (Wildman–Crippen LogP) is 1.35. The van der Waals surface area contributed by atoms with Gasteiger partial charge in [-0.3, -0.25) is 14.5 Å². The summed E-state index contributed by atoms with van der Waals surface area (Å²) < 4.78 is 1.61. The van der Waals surface area contributed by atoms with E-state index in [9.17, 15) is 4.79 Å². The van der Waals surface area contributed by atoms with Crippen LogP contribution in [0, 0.1) is 6.92 Å². The molecule has 2 aromatic rings. The maximum Gasteiger partial charge on any atom is 0.215 e. The summed E-state index contributed by atoms with van der Waals surface area (Å²) in [4.78, 5) is 15.9. The third kappa shape index (κ3) is 1.79. The molecule has 4 heteroatoms. The molecule has 0 bridgehead atoms. The van der Waals surface area contributed by atoms with Crippen molar-refractivity contribution in [2.75, 3.05) is 0 Å². The largest absolute Gasteiger partial charge is 0.287 e.